The summed E-state index contributed by atoms with van der Waals surface area (Å²) in [5.74, 6) is -2.60. The Morgan fingerprint density at radius 1 is 1.00 bits per heavy atom. The number of rotatable bonds is 7. The van der Waals surface area contributed by atoms with Gasteiger partial charge in [0.2, 0.25) is 0 Å². The first-order valence-electron chi connectivity index (χ1n) is 14.0. The SMILES string of the molecule is O=C(O)C(F)(F)F.O=C(O)CN1CCC(c2nn(Cc3ccc(Cl)c(Cl)c3)c3cc(/C=C/C4CCNCC4)ccc23)CC1. The van der Waals surface area contributed by atoms with E-state index in [0.29, 0.717) is 28.4 Å². The fourth-order valence-electron chi connectivity index (χ4n) is 5.39. The number of carbonyl (C=O) groups is 2. The number of fused-ring (bicyclic) bond motifs is 1. The van der Waals surface area contributed by atoms with Gasteiger partial charge in [0.05, 0.1) is 34.3 Å². The second kappa shape index (κ2) is 14.6. The molecule has 5 rings (SSSR count). The van der Waals surface area contributed by atoms with Gasteiger partial charge in [-0.15, -0.1) is 0 Å². The van der Waals surface area contributed by atoms with Crippen molar-refractivity contribution >= 4 is 52.1 Å². The van der Waals surface area contributed by atoms with Crippen LogP contribution < -0.4 is 5.32 Å². The average molecular weight is 642 g/mol. The molecule has 3 heterocycles. The second-order valence-electron chi connectivity index (χ2n) is 10.8. The van der Waals surface area contributed by atoms with Gasteiger partial charge in [0.15, 0.2) is 0 Å². The Balaban J connectivity index is 0.000000541. The van der Waals surface area contributed by atoms with E-state index in [1.54, 1.807) is 0 Å². The lowest BCUT2D eigenvalue weighted by molar-refractivity contribution is -0.192. The fraction of sp³-hybridized carbons (Fsp3) is 0.433. The van der Waals surface area contributed by atoms with E-state index in [0.717, 1.165) is 55.8 Å². The van der Waals surface area contributed by atoms with E-state index in [9.17, 15) is 18.0 Å². The van der Waals surface area contributed by atoms with Crippen LogP contribution in [-0.2, 0) is 16.1 Å². The molecular weight excluding hydrogens is 608 g/mol. The molecule has 43 heavy (non-hydrogen) atoms. The summed E-state index contributed by atoms with van der Waals surface area (Å²) in [4.78, 5) is 22.0. The van der Waals surface area contributed by atoms with Crippen molar-refractivity contribution in [1.29, 1.82) is 0 Å². The molecule has 0 bridgehead atoms. The molecule has 0 saturated carbocycles. The van der Waals surface area contributed by atoms with Gasteiger partial charge in [0, 0.05) is 11.3 Å². The third kappa shape index (κ3) is 9.18. The van der Waals surface area contributed by atoms with Crippen LogP contribution in [0, 0.1) is 5.92 Å². The van der Waals surface area contributed by atoms with Crippen LogP contribution in [0.3, 0.4) is 0 Å². The molecule has 3 N–H and O–H groups in total. The van der Waals surface area contributed by atoms with Crippen LogP contribution in [0.1, 0.15) is 48.4 Å². The molecule has 232 valence electrons. The maximum atomic E-state index is 11.1. The summed E-state index contributed by atoms with van der Waals surface area (Å²) < 4.78 is 33.8. The van der Waals surface area contributed by atoms with Crippen LogP contribution in [0.5, 0.6) is 0 Å². The van der Waals surface area contributed by atoms with Crippen molar-refractivity contribution in [1.82, 2.24) is 20.0 Å². The highest BCUT2D eigenvalue weighted by atomic mass is 35.5. The smallest absolute Gasteiger partial charge is 0.480 e. The van der Waals surface area contributed by atoms with Crippen molar-refractivity contribution in [2.24, 2.45) is 5.92 Å². The zero-order chi connectivity index (χ0) is 31.1. The molecule has 0 atom stereocenters. The third-order valence-corrected chi connectivity index (χ3v) is 8.38. The molecule has 2 saturated heterocycles. The molecule has 1 aromatic heterocycles. The van der Waals surface area contributed by atoms with E-state index in [2.05, 4.69) is 40.3 Å². The number of aliphatic carboxylic acids is 2. The molecule has 3 aromatic rings. The van der Waals surface area contributed by atoms with Crippen molar-refractivity contribution in [3.63, 3.8) is 0 Å². The molecule has 0 unspecified atom stereocenters. The first-order valence-corrected chi connectivity index (χ1v) is 14.7. The topological polar surface area (TPSA) is 108 Å². The van der Waals surface area contributed by atoms with Crippen LogP contribution in [0.15, 0.2) is 42.5 Å². The van der Waals surface area contributed by atoms with Gasteiger partial charge in [-0.1, -0.05) is 53.6 Å². The number of halogens is 5. The summed E-state index contributed by atoms with van der Waals surface area (Å²) in [6, 6.07) is 12.4. The Labute approximate surface area is 257 Å². The van der Waals surface area contributed by atoms with Crippen LogP contribution in [0.4, 0.5) is 13.2 Å². The molecule has 0 amide bonds. The number of carboxylic acid groups (broad SMARTS) is 2. The molecule has 13 heteroatoms. The van der Waals surface area contributed by atoms with Crippen molar-refractivity contribution in [2.45, 2.75) is 44.3 Å². The minimum atomic E-state index is -5.08. The number of likely N-dealkylation sites (tertiary alicyclic amines) is 1. The van der Waals surface area contributed by atoms with Crippen molar-refractivity contribution < 1.29 is 33.0 Å². The van der Waals surface area contributed by atoms with Gasteiger partial charge in [0.25, 0.3) is 0 Å². The molecule has 0 spiro atoms. The molecule has 2 aliphatic heterocycles. The van der Waals surface area contributed by atoms with E-state index >= 15 is 0 Å². The predicted octanol–water partition coefficient (Wildman–Crippen LogP) is 6.30. The highest BCUT2D eigenvalue weighted by molar-refractivity contribution is 6.42. The number of nitrogens with zero attached hydrogens (tertiary/aromatic N) is 3. The quantitative estimate of drug-likeness (QED) is 0.278. The van der Waals surface area contributed by atoms with Gasteiger partial charge in [-0.25, -0.2) is 4.79 Å². The van der Waals surface area contributed by atoms with E-state index < -0.39 is 18.1 Å². The van der Waals surface area contributed by atoms with Crippen LogP contribution in [0.2, 0.25) is 10.0 Å². The van der Waals surface area contributed by atoms with E-state index in [4.69, 9.17) is 43.3 Å². The number of nitrogens with one attached hydrogen (secondary N) is 1. The lowest BCUT2D eigenvalue weighted by Gasteiger charge is -2.30. The van der Waals surface area contributed by atoms with Crippen LogP contribution in [0.25, 0.3) is 17.0 Å². The fourth-order valence-corrected chi connectivity index (χ4v) is 5.71. The third-order valence-electron chi connectivity index (χ3n) is 7.64. The lowest BCUT2D eigenvalue weighted by Crippen LogP contribution is -2.36. The minimum absolute atomic E-state index is 0.103. The van der Waals surface area contributed by atoms with Gasteiger partial charge in [-0.05, 0) is 87.1 Å². The normalized spacial score (nSPS) is 17.2. The van der Waals surface area contributed by atoms with Crippen LogP contribution in [-0.4, -0.2) is 75.7 Å². The van der Waals surface area contributed by atoms with E-state index in [-0.39, 0.29) is 6.54 Å². The van der Waals surface area contributed by atoms with E-state index in [1.807, 2.05) is 23.1 Å². The highest BCUT2D eigenvalue weighted by Crippen LogP contribution is 2.34. The van der Waals surface area contributed by atoms with Crippen molar-refractivity contribution in [3.8, 4) is 0 Å². The van der Waals surface area contributed by atoms with Gasteiger partial charge in [-0.3, -0.25) is 14.4 Å². The summed E-state index contributed by atoms with van der Waals surface area (Å²) in [5, 5.41) is 27.1. The Hall–Kier alpha value is -3.12. The Bertz CT molecular complexity index is 1460. The predicted molar refractivity (Wildman–Crippen MR) is 160 cm³/mol. The molecule has 2 fully saturated rings. The van der Waals surface area contributed by atoms with Gasteiger partial charge < -0.3 is 15.5 Å². The lowest BCUT2D eigenvalue weighted by atomic mass is 9.91. The maximum absolute atomic E-state index is 11.1. The molecular formula is C30H33Cl2F3N4O4. The first kappa shape index (κ1) is 32.8. The number of hydrogen-bond acceptors (Lipinski definition) is 5. The molecule has 8 nitrogen and oxygen atoms in total. The monoisotopic (exact) mass is 640 g/mol. The summed E-state index contributed by atoms with van der Waals surface area (Å²) in [6.45, 7) is 4.42. The number of benzene rings is 2. The standard InChI is InChI=1S/C28H32Cl2N4O2.C2HF3O2/c29-24-6-4-21(15-25(24)30)17-34-26-16-20(2-1-19-7-11-31-12-8-19)3-5-23(26)28(32-34)22-9-13-33(14-10-22)18-27(35)36;3-2(4,5)1(6)7/h1-6,15-16,19,22,31H,7-14,17-18H2,(H,35,36);(H,6,7)/b2-1+;. The molecule has 2 aliphatic rings. The number of hydrogen-bond donors (Lipinski definition) is 3. The number of allylic oxidation sites excluding steroid dienone is 1. The Kier molecular flexibility index (Phi) is 11.1. The number of carboxylic acids is 2. The maximum Gasteiger partial charge on any atom is 0.490 e. The Morgan fingerprint density at radius 2 is 1.67 bits per heavy atom. The summed E-state index contributed by atoms with van der Waals surface area (Å²) >= 11 is 12.4. The van der Waals surface area contributed by atoms with Gasteiger partial charge >= 0.3 is 18.1 Å². The number of alkyl halides is 3. The largest absolute Gasteiger partial charge is 0.490 e. The number of aromatic nitrogens is 2. The minimum Gasteiger partial charge on any atom is -0.480 e. The van der Waals surface area contributed by atoms with Crippen molar-refractivity contribution in [2.75, 3.05) is 32.7 Å². The summed E-state index contributed by atoms with van der Waals surface area (Å²) in [7, 11) is 0. The summed E-state index contributed by atoms with van der Waals surface area (Å²) in [5.41, 5.74) is 4.44. The zero-order valence-electron chi connectivity index (χ0n) is 23.3. The molecule has 0 aliphatic carbocycles. The van der Waals surface area contributed by atoms with Gasteiger partial charge in [0.1, 0.15) is 0 Å². The molecule has 0 radical (unpaired) electrons. The second-order valence-corrected chi connectivity index (χ2v) is 11.6. The Morgan fingerprint density at radius 3 is 2.28 bits per heavy atom. The van der Waals surface area contributed by atoms with Gasteiger partial charge in [-0.2, -0.15) is 18.3 Å². The average Bonchev–Trinajstić information content (AvgIpc) is 3.32. The number of piperidine rings is 2. The molecule has 2 aromatic carbocycles. The van der Waals surface area contributed by atoms with Crippen molar-refractivity contribution in [3.05, 3.63) is 69.3 Å². The summed E-state index contributed by atoms with van der Waals surface area (Å²) in [6.07, 6.45) is 3.68. The van der Waals surface area contributed by atoms with Crippen LogP contribution >= 0.6 is 23.2 Å². The first-order chi connectivity index (χ1) is 20.4. The zero-order valence-corrected chi connectivity index (χ0v) is 24.8. The van der Waals surface area contributed by atoms with E-state index in [1.165, 1.54) is 23.8 Å². The highest BCUT2D eigenvalue weighted by Gasteiger charge is 2.38.